The zero-order chi connectivity index (χ0) is 13.4. The van der Waals surface area contributed by atoms with Crippen LogP contribution in [0.15, 0.2) is 33.9 Å². The summed E-state index contributed by atoms with van der Waals surface area (Å²) in [5.74, 6) is 0.700. The van der Waals surface area contributed by atoms with Crippen molar-refractivity contribution in [2.75, 3.05) is 0 Å². The van der Waals surface area contributed by atoms with E-state index in [0.717, 1.165) is 25.7 Å². The first kappa shape index (κ1) is 12.2. The highest BCUT2D eigenvalue weighted by Crippen LogP contribution is 2.30. The lowest BCUT2D eigenvalue weighted by Crippen LogP contribution is -2.39. The highest BCUT2D eigenvalue weighted by atomic mass is 16.2. The van der Waals surface area contributed by atoms with Crippen molar-refractivity contribution in [3.63, 3.8) is 0 Å². The van der Waals surface area contributed by atoms with E-state index in [0.29, 0.717) is 16.8 Å². The second kappa shape index (κ2) is 4.68. The maximum atomic E-state index is 12.5. The summed E-state index contributed by atoms with van der Waals surface area (Å²) in [6, 6.07) is 7.25. The van der Waals surface area contributed by atoms with E-state index in [2.05, 4.69) is 11.9 Å². The Hall–Kier alpha value is -1.84. The minimum atomic E-state index is -0.275. The molecule has 1 aromatic heterocycles. The topological polar surface area (TPSA) is 54.9 Å². The maximum absolute atomic E-state index is 12.5. The summed E-state index contributed by atoms with van der Waals surface area (Å²) >= 11 is 0. The van der Waals surface area contributed by atoms with Crippen LogP contribution in [-0.2, 0) is 0 Å². The summed E-state index contributed by atoms with van der Waals surface area (Å²) in [5, 5.41) is 0.598. The van der Waals surface area contributed by atoms with Crippen molar-refractivity contribution in [3.05, 3.63) is 45.1 Å². The number of H-pyrrole nitrogens is 1. The van der Waals surface area contributed by atoms with E-state index >= 15 is 0 Å². The summed E-state index contributed by atoms with van der Waals surface area (Å²) in [5.41, 5.74) is 0.195. The van der Waals surface area contributed by atoms with Gasteiger partial charge in [0.25, 0.3) is 5.56 Å². The fourth-order valence-corrected chi connectivity index (χ4v) is 3.01. The molecule has 0 amide bonds. The van der Waals surface area contributed by atoms with Crippen LogP contribution in [0.4, 0.5) is 0 Å². The normalized spacial score (nSPS) is 23.6. The molecular formula is C15H18N2O2. The Bertz CT molecular complexity index is 706. The van der Waals surface area contributed by atoms with Crippen LogP contribution in [0.25, 0.3) is 10.9 Å². The largest absolute Gasteiger partial charge is 0.329 e. The van der Waals surface area contributed by atoms with Crippen molar-refractivity contribution in [1.29, 1.82) is 0 Å². The third-order valence-corrected chi connectivity index (χ3v) is 4.19. The fraction of sp³-hybridized carbons (Fsp3) is 0.467. The summed E-state index contributed by atoms with van der Waals surface area (Å²) in [6.07, 6.45) is 4.01. The Kier molecular flexibility index (Phi) is 3.01. The summed E-state index contributed by atoms with van der Waals surface area (Å²) in [4.78, 5) is 27.4. The highest BCUT2D eigenvalue weighted by molar-refractivity contribution is 5.76. The first-order valence-corrected chi connectivity index (χ1v) is 6.90. The van der Waals surface area contributed by atoms with Gasteiger partial charge in [-0.2, -0.15) is 0 Å². The van der Waals surface area contributed by atoms with Crippen molar-refractivity contribution in [1.82, 2.24) is 9.55 Å². The SMILES string of the molecule is C[C@H]1CC[C@H](n2c(=O)[nH]c3ccccc3c2=O)CC1. The summed E-state index contributed by atoms with van der Waals surface area (Å²) in [7, 11) is 0. The molecule has 1 aliphatic carbocycles. The average Bonchev–Trinajstić information content (AvgIpc) is 2.41. The number of rotatable bonds is 1. The summed E-state index contributed by atoms with van der Waals surface area (Å²) < 4.78 is 1.42. The van der Waals surface area contributed by atoms with Gasteiger partial charge in [0.1, 0.15) is 0 Å². The van der Waals surface area contributed by atoms with Crippen molar-refractivity contribution in [2.24, 2.45) is 5.92 Å². The molecule has 1 heterocycles. The van der Waals surface area contributed by atoms with Crippen molar-refractivity contribution < 1.29 is 0 Å². The van der Waals surface area contributed by atoms with Gasteiger partial charge in [-0.25, -0.2) is 4.79 Å². The lowest BCUT2D eigenvalue weighted by molar-refractivity contribution is 0.280. The van der Waals surface area contributed by atoms with E-state index in [1.807, 2.05) is 12.1 Å². The van der Waals surface area contributed by atoms with E-state index in [1.54, 1.807) is 12.1 Å². The molecule has 0 spiro atoms. The molecule has 0 radical (unpaired) electrons. The highest BCUT2D eigenvalue weighted by Gasteiger charge is 2.22. The Balaban J connectivity index is 2.14. The number of fused-ring (bicyclic) bond motifs is 1. The third kappa shape index (κ3) is 2.11. The standard InChI is InChI=1S/C15H18N2O2/c1-10-6-8-11(9-7-10)17-14(18)12-4-2-3-5-13(12)16-15(17)19/h2-5,10-11H,6-9H2,1H3,(H,16,19)/t10-,11-. The molecule has 0 unspecified atom stereocenters. The Morgan fingerprint density at radius 2 is 1.79 bits per heavy atom. The van der Waals surface area contributed by atoms with E-state index in [-0.39, 0.29) is 17.3 Å². The molecule has 1 aliphatic rings. The molecule has 4 nitrogen and oxygen atoms in total. The van der Waals surface area contributed by atoms with Gasteiger partial charge >= 0.3 is 5.69 Å². The zero-order valence-electron chi connectivity index (χ0n) is 11.1. The molecule has 0 aliphatic heterocycles. The van der Waals surface area contributed by atoms with Gasteiger partial charge < -0.3 is 4.98 Å². The Morgan fingerprint density at radius 3 is 2.53 bits per heavy atom. The van der Waals surface area contributed by atoms with E-state index in [4.69, 9.17) is 0 Å². The number of hydrogen-bond acceptors (Lipinski definition) is 2. The molecule has 4 heteroatoms. The lowest BCUT2D eigenvalue weighted by atomic mass is 9.87. The first-order chi connectivity index (χ1) is 9.16. The van der Waals surface area contributed by atoms with Gasteiger partial charge in [-0.3, -0.25) is 9.36 Å². The van der Waals surface area contributed by atoms with Gasteiger partial charge in [0.05, 0.1) is 10.9 Å². The van der Waals surface area contributed by atoms with Gasteiger partial charge in [-0.15, -0.1) is 0 Å². The van der Waals surface area contributed by atoms with E-state index < -0.39 is 0 Å². The monoisotopic (exact) mass is 258 g/mol. The minimum Gasteiger partial charge on any atom is -0.307 e. The fourth-order valence-electron chi connectivity index (χ4n) is 3.01. The number of nitrogens with one attached hydrogen (secondary N) is 1. The van der Waals surface area contributed by atoms with Crippen molar-refractivity contribution >= 4 is 10.9 Å². The predicted molar refractivity (Wildman–Crippen MR) is 75.5 cm³/mol. The van der Waals surface area contributed by atoms with Crippen LogP contribution in [0, 0.1) is 5.92 Å². The summed E-state index contributed by atoms with van der Waals surface area (Å²) in [6.45, 7) is 2.23. The predicted octanol–water partition coefficient (Wildman–Crippen LogP) is 2.44. The van der Waals surface area contributed by atoms with Crippen LogP contribution in [0.5, 0.6) is 0 Å². The molecule has 0 atom stereocenters. The van der Waals surface area contributed by atoms with Gasteiger partial charge in [0, 0.05) is 6.04 Å². The van der Waals surface area contributed by atoms with Crippen LogP contribution < -0.4 is 11.2 Å². The molecule has 2 aromatic rings. The Labute approximate surface area is 111 Å². The second-order valence-electron chi connectivity index (χ2n) is 5.56. The second-order valence-corrected chi connectivity index (χ2v) is 5.56. The van der Waals surface area contributed by atoms with Crippen molar-refractivity contribution in [2.45, 2.75) is 38.6 Å². The number of nitrogens with zero attached hydrogens (tertiary/aromatic N) is 1. The molecule has 3 rings (SSSR count). The number of hydrogen-bond donors (Lipinski definition) is 1. The van der Waals surface area contributed by atoms with E-state index in [1.165, 1.54) is 4.57 Å². The Morgan fingerprint density at radius 1 is 1.11 bits per heavy atom. The molecule has 1 N–H and O–H groups in total. The van der Waals surface area contributed by atoms with Crippen molar-refractivity contribution in [3.8, 4) is 0 Å². The van der Waals surface area contributed by atoms with Gasteiger partial charge in [0.15, 0.2) is 0 Å². The average molecular weight is 258 g/mol. The molecule has 0 saturated heterocycles. The van der Waals surface area contributed by atoms with Crippen LogP contribution >= 0.6 is 0 Å². The molecule has 1 aromatic carbocycles. The first-order valence-electron chi connectivity index (χ1n) is 6.90. The van der Waals surface area contributed by atoms with Gasteiger partial charge in [-0.05, 0) is 43.7 Å². The lowest BCUT2D eigenvalue weighted by Gasteiger charge is -2.27. The van der Waals surface area contributed by atoms with Crippen LogP contribution in [0.2, 0.25) is 0 Å². The number of benzene rings is 1. The molecule has 1 fully saturated rings. The smallest absolute Gasteiger partial charge is 0.307 e. The number of para-hydroxylation sites is 1. The quantitative estimate of drug-likeness (QED) is 0.854. The minimum absolute atomic E-state index is 0.0528. The number of aromatic nitrogens is 2. The molecular weight excluding hydrogens is 240 g/mol. The van der Waals surface area contributed by atoms with Gasteiger partial charge in [-0.1, -0.05) is 19.1 Å². The van der Waals surface area contributed by atoms with Crippen LogP contribution in [0.3, 0.4) is 0 Å². The molecule has 1 saturated carbocycles. The zero-order valence-corrected chi connectivity index (χ0v) is 11.1. The maximum Gasteiger partial charge on any atom is 0.329 e. The third-order valence-electron chi connectivity index (χ3n) is 4.19. The van der Waals surface area contributed by atoms with E-state index in [9.17, 15) is 9.59 Å². The number of aromatic amines is 1. The van der Waals surface area contributed by atoms with Crippen LogP contribution in [-0.4, -0.2) is 9.55 Å². The van der Waals surface area contributed by atoms with Crippen LogP contribution in [0.1, 0.15) is 38.6 Å². The molecule has 0 bridgehead atoms. The molecule has 100 valence electrons. The molecule has 19 heavy (non-hydrogen) atoms. The van der Waals surface area contributed by atoms with Gasteiger partial charge in [0.2, 0.25) is 0 Å².